The molecule has 0 heterocycles. The molecule has 2 aromatic carbocycles. The molecule has 0 aromatic heterocycles. The first-order valence-corrected chi connectivity index (χ1v) is 9.62. The van der Waals surface area contributed by atoms with E-state index >= 15 is 0 Å². The number of nitrogens with one attached hydrogen (secondary N) is 3. The van der Waals surface area contributed by atoms with Crippen molar-refractivity contribution in [2.75, 3.05) is 12.3 Å². The maximum Gasteiger partial charge on any atom is 0.315 e. The summed E-state index contributed by atoms with van der Waals surface area (Å²) in [4.78, 5) is 24.9. The van der Waals surface area contributed by atoms with E-state index in [4.69, 9.17) is 0 Å². The van der Waals surface area contributed by atoms with Crippen LogP contribution in [0.2, 0.25) is 0 Å². The summed E-state index contributed by atoms with van der Waals surface area (Å²) in [5, 5.41) is 8.47. The average molecular weight is 372 g/mol. The molecule has 0 saturated heterocycles. The minimum absolute atomic E-state index is 0.0873. The van der Waals surface area contributed by atoms with Gasteiger partial charge in [0.1, 0.15) is 0 Å². The molecule has 0 fully saturated rings. The summed E-state index contributed by atoms with van der Waals surface area (Å²) in [6.07, 6.45) is 0. The first kappa shape index (κ1) is 19.8. The minimum Gasteiger partial charge on any atom is -0.351 e. The molecule has 0 aliphatic heterocycles. The number of benzene rings is 2. The molecule has 0 saturated carbocycles. The molecular formula is C20H25N3O2S. The fourth-order valence-corrected chi connectivity index (χ4v) is 3.01. The van der Waals surface area contributed by atoms with E-state index in [1.165, 1.54) is 4.90 Å². The van der Waals surface area contributed by atoms with Gasteiger partial charge in [-0.25, -0.2) is 4.79 Å². The van der Waals surface area contributed by atoms with Crippen molar-refractivity contribution in [1.82, 2.24) is 16.0 Å². The van der Waals surface area contributed by atoms with E-state index in [1.54, 1.807) is 23.9 Å². The van der Waals surface area contributed by atoms with Crippen molar-refractivity contribution in [3.63, 3.8) is 0 Å². The highest BCUT2D eigenvalue weighted by Gasteiger charge is 2.06. The Bertz CT molecular complexity index is 703. The van der Waals surface area contributed by atoms with Gasteiger partial charge in [-0.3, -0.25) is 4.79 Å². The highest BCUT2D eigenvalue weighted by molar-refractivity contribution is 7.99. The number of hydrogen-bond acceptors (Lipinski definition) is 3. The molecule has 5 nitrogen and oxygen atoms in total. The molecule has 0 aliphatic carbocycles. The minimum atomic E-state index is -0.197. The van der Waals surface area contributed by atoms with E-state index in [0.29, 0.717) is 18.7 Å². The van der Waals surface area contributed by atoms with E-state index in [-0.39, 0.29) is 18.0 Å². The summed E-state index contributed by atoms with van der Waals surface area (Å²) in [7, 11) is 0. The predicted molar refractivity (Wildman–Crippen MR) is 106 cm³/mol. The second kappa shape index (κ2) is 10.5. The molecule has 3 amide bonds. The third kappa shape index (κ3) is 7.19. The third-order valence-corrected chi connectivity index (χ3v) is 4.50. The van der Waals surface area contributed by atoms with Crippen LogP contribution in [0.5, 0.6) is 0 Å². The summed E-state index contributed by atoms with van der Waals surface area (Å²) in [6.45, 7) is 4.85. The topological polar surface area (TPSA) is 70.2 Å². The molecule has 0 radical (unpaired) electrons. The van der Waals surface area contributed by atoms with Gasteiger partial charge in [-0.2, -0.15) is 0 Å². The molecule has 3 N–H and O–H groups in total. The molecule has 0 bridgehead atoms. The van der Waals surface area contributed by atoms with E-state index in [1.807, 2.05) is 44.2 Å². The summed E-state index contributed by atoms with van der Waals surface area (Å²) >= 11 is 1.71. The number of urea groups is 1. The van der Waals surface area contributed by atoms with Crippen LogP contribution in [-0.2, 0) is 6.54 Å². The van der Waals surface area contributed by atoms with Crippen LogP contribution in [0, 0.1) is 0 Å². The van der Waals surface area contributed by atoms with Gasteiger partial charge in [-0.05, 0) is 43.7 Å². The van der Waals surface area contributed by atoms with Crippen LogP contribution in [0.4, 0.5) is 4.79 Å². The van der Waals surface area contributed by atoms with Gasteiger partial charge in [-0.1, -0.05) is 30.3 Å². The molecular weight excluding hydrogens is 346 g/mol. The van der Waals surface area contributed by atoms with Gasteiger partial charge in [0.15, 0.2) is 0 Å². The Balaban J connectivity index is 1.71. The second-order valence-electron chi connectivity index (χ2n) is 6.10. The largest absolute Gasteiger partial charge is 0.351 e. The summed E-state index contributed by atoms with van der Waals surface area (Å²) in [5.74, 6) is 0.735. The Hall–Kier alpha value is -2.47. The maximum absolute atomic E-state index is 12.2. The van der Waals surface area contributed by atoms with E-state index in [0.717, 1.165) is 11.3 Å². The predicted octanol–water partition coefficient (Wildman–Crippen LogP) is 3.42. The first-order valence-electron chi connectivity index (χ1n) is 8.64. The number of hydrogen-bond donors (Lipinski definition) is 3. The number of carbonyl (C=O) groups is 2. The normalized spacial score (nSPS) is 10.4. The number of carbonyl (C=O) groups excluding carboxylic acids is 2. The fraction of sp³-hybridized carbons (Fsp3) is 0.300. The average Bonchev–Trinajstić information content (AvgIpc) is 2.64. The summed E-state index contributed by atoms with van der Waals surface area (Å²) in [5.41, 5.74) is 1.56. The lowest BCUT2D eigenvalue weighted by atomic mass is 10.1. The highest BCUT2D eigenvalue weighted by atomic mass is 32.2. The lowest BCUT2D eigenvalue weighted by Crippen LogP contribution is -2.39. The number of thioether (sulfide) groups is 1. The SMILES string of the molecule is CC(C)NC(=O)NCc1ccc(C(=O)NCCSc2ccccc2)cc1. The van der Waals surface area contributed by atoms with Crippen LogP contribution in [0.15, 0.2) is 59.5 Å². The Kier molecular flexibility index (Phi) is 8.02. The van der Waals surface area contributed by atoms with Crippen LogP contribution in [0.1, 0.15) is 29.8 Å². The van der Waals surface area contributed by atoms with Gasteiger partial charge < -0.3 is 16.0 Å². The maximum atomic E-state index is 12.2. The lowest BCUT2D eigenvalue weighted by molar-refractivity contribution is 0.0956. The van der Waals surface area contributed by atoms with Crippen molar-refractivity contribution in [2.24, 2.45) is 0 Å². The van der Waals surface area contributed by atoms with Gasteiger partial charge in [0.2, 0.25) is 0 Å². The van der Waals surface area contributed by atoms with Gasteiger partial charge in [0.05, 0.1) is 0 Å². The lowest BCUT2D eigenvalue weighted by Gasteiger charge is -2.10. The number of amides is 3. The van der Waals surface area contributed by atoms with Crippen molar-refractivity contribution < 1.29 is 9.59 Å². The molecule has 138 valence electrons. The zero-order chi connectivity index (χ0) is 18.8. The van der Waals surface area contributed by atoms with Gasteiger partial charge in [0, 0.05) is 35.3 Å². The van der Waals surface area contributed by atoms with E-state index in [2.05, 4.69) is 28.1 Å². The molecule has 0 aliphatic rings. The van der Waals surface area contributed by atoms with Gasteiger partial charge in [-0.15, -0.1) is 11.8 Å². The Morgan fingerprint density at radius 3 is 2.31 bits per heavy atom. The van der Waals surface area contributed by atoms with Crippen molar-refractivity contribution in [3.8, 4) is 0 Å². The standard InChI is InChI=1S/C20H25N3O2S/c1-15(2)23-20(25)22-14-16-8-10-17(11-9-16)19(24)21-12-13-26-18-6-4-3-5-7-18/h3-11,15H,12-14H2,1-2H3,(H,21,24)(H2,22,23,25). The van der Waals surface area contributed by atoms with Crippen molar-refractivity contribution in [3.05, 3.63) is 65.7 Å². The molecule has 26 heavy (non-hydrogen) atoms. The molecule has 0 atom stereocenters. The van der Waals surface area contributed by atoms with Gasteiger partial charge >= 0.3 is 6.03 Å². The smallest absolute Gasteiger partial charge is 0.315 e. The number of rotatable bonds is 8. The Morgan fingerprint density at radius 2 is 1.65 bits per heavy atom. The van der Waals surface area contributed by atoms with E-state index in [9.17, 15) is 9.59 Å². The van der Waals surface area contributed by atoms with Gasteiger partial charge in [0.25, 0.3) is 5.91 Å². The second-order valence-corrected chi connectivity index (χ2v) is 7.26. The molecule has 2 aromatic rings. The molecule has 0 unspecified atom stereocenters. The zero-order valence-corrected chi connectivity index (χ0v) is 15.9. The van der Waals surface area contributed by atoms with Crippen LogP contribution >= 0.6 is 11.8 Å². The summed E-state index contributed by atoms with van der Waals surface area (Å²) < 4.78 is 0. The van der Waals surface area contributed by atoms with E-state index < -0.39 is 0 Å². The third-order valence-electron chi connectivity index (χ3n) is 3.49. The Labute approximate surface area is 159 Å². The van der Waals surface area contributed by atoms with Crippen LogP contribution in [0.3, 0.4) is 0 Å². The summed E-state index contributed by atoms with van der Waals surface area (Å²) in [6, 6.07) is 17.3. The first-order chi connectivity index (χ1) is 12.5. The molecule has 2 rings (SSSR count). The van der Waals surface area contributed by atoms with Crippen molar-refractivity contribution >= 4 is 23.7 Å². The van der Waals surface area contributed by atoms with Crippen molar-refractivity contribution in [2.45, 2.75) is 31.3 Å². The zero-order valence-electron chi connectivity index (χ0n) is 15.1. The van der Waals surface area contributed by atoms with Crippen LogP contribution < -0.4 is 16.0 Å². The fourth-order valence-electron chi connectivity index (χ4n) is 2.22. The molecule has 6 heteroatoms. The Morgan fingerprint density at radius 1 is 0.962 bits per heavy atom. The quantitative estimate of drug-likeness (QED) is 0.492. The monoisotopic (exact) mass is 371 g/mol. The van der Waals surface area contributed by atoms with Crippen LogP contribution in [0.25, 0.3) is 0 Å². The molecule has 0 spiro atoms. The van der Waals surface area contributed by atoms with Crippen LogP contribution in [-0.4, -0.2) is 30.3 Å². The highest BCUT2D eigenvalue weighted by Crippen LogP contribution is 2.15. The van der Waals surface area contributed by atoms with Crippen molar-refractivity contribution in [1.29, 1.82) is 0 Å².